The van der Waals surface area contributed by atoms with E-state index in [0.29, 0.717) is 29.3 Å². The normalized spacial score (nSPS) is 17.3. The van der Waals surface area contributed by atoms with E-state index in [2.05, 4.69) is 4.99 Å². The van der Waals surface area contributed by atoms with Crippen molar-refractivity contribution in [2.24, 2.45) is 4.99 Å². The molecule has 0 aliphatic carbocycles. The second-order valence-corrected chi connectivity index (χ2v) is 8.50. The summed E-state index contributed by atoms with van der Waals surface area (Å²) in [4.78, 5) is 34.0. The molecule has 0 N–H and O–H groups in total. The molecule has 1 aromatic carbocycles. The Morgan fingerprint density at radius 2 is 1.97 bits per heavy atom. The molecule has 0 unspecified atom stereocenters. The number of furan rings is 1. The number of ether oxygens (including phenoxy) is 2. The molecule has 1 aromatic heterocycles. The summed E-state index contributed by atoms with van der Waals surface area (Å²) in [5.74, 6) is 0.904. The number of amides is 1. The van der Waals surface area contributed by atoms with Gasteiger partial charge in [0.25, 0.3) is 0 Å². The van der Waals surface area contributed by atoms with Crippen molar-refractivity contribution < 1.29 is 23.5 Å². The van der Waals surface area contributed by atoms with E-state index in [4.69, 9.17) is 13.9 Å². The maximum Gasteiger partial charge on any atom is 0.338 e. The minimum atomic E-state index is -0.472. The predicted molar refractivity (Wildman–Crippen MR) is 125 cm³/mol. The highest BCUT2D eigenvalue weighted by Gasteiger charge is 2.41. The molecule has 172 valence electrons. The number of nitrogens with zero attached hydrogens (tertiary/aromatic N) is 3. The molecule has 2 aliphatic rings. The molecule has 0 bridgehead atoms. The van der Waals surface area contributed by atoms with Crippen LogP contribution in [0.2, 0.25) is 0 Å². The quantitative estimate of drug-likeness (QED) is 0.567. The Balaban J connectivity index is 1.64. The zero-order valence-electron chi connectivity index (χ0n) is 18.9. The van der Waals surface area contributed by atoms with Gasteiger partial charge < -0.3 is 23.7 Å². The van der Waals surface area contributed by atoms with Crippen molar-refractivity contribution in [1.82, 2.24) is 9.80 Å². The zero-order chi connectivity index (χ0) is 23.5. The number of carbonyl (C=O) groups excluding carboxylic acids is 2. The number of allylic oxidation sites excluding steroid dienone is 1. The van der Waals surface area contributed by atoms with E-state index in [1.807, 2.05) is 40.6 Å². The van der Waals surface area contributed by atoms with Crippen molar-refractivity contribution in [1.29, 1.82) is 0 Å². The average molecular weight is 468 g/mol. The summed E-state index contributed by atoms with van der Waals surface area (Å²) in [5, 5.41) is 2.64. The van der Waals surface area contributed by atoms with Gasteiger partial charge in [-0.1, -0.05) is 23.9 Å². The fraction of sp³-hybridized carbons (Fsp3) is 0.292. The molecule has 2 aliphatic heterocycles. The third-order valence-electron chi connectivity index (χ3n) is 5.57. The molecule has 0 fully saturated rings. The van der Waals surface area contributed by atoms with Gasteiger partial charge in [-0.05, 0) is 42.2 Å². The second kappa shape index (κ2) is 9.58. The third kappa shape index (κ3) is 4.54. The monoisotopic (exact) mass is 467 g/mol. The molecule has 1 amide bonds. The molecule has 3 heterocycles. The zero-order valence-corrected chi connectivity index (χ0v) is 19.7. The number of amidine groups is 1. The molecule has 4 rings (SSSR count). The van der Waals surface area contributed by atoms with Gasteiger partial charge in [0.1, 0.15) is 11.5 Å². The number of carbonyl (C=O) groups is 2. The summed E-state index contributed by atoms with van der Waals surface area (Å²) in [6.07, 6.45) is 1.74. The number of methoxy groups -OCH3 is 2. The Bertz CT molecular complexity index is 1140. The minimum absolute atomic E-state index is 0.0705. The van der Waals surface area contributed by atoms with Crippen LogP contribution in [-0.4, -0.2) is 48.1 Å². The van der Waals surface area contributed by atoms with Crippen LogP contribution >= 0.6 is 11.8 Å². The number of esters is 1. The molecule has 0 saturated carbocycles. The van der Waals surface area contributed by atoms with Crippen LogP contribution in [0, 0.1) is 0 Å². The van der Waals surface area contributed by atoms with Crippen molar-refractivity contribution in [2.75, 3.05) is 21.3 Å². The molecule has 1 atom stereocenters. The fourth-order valence-corrected chi connectivity index (χ4v) is 4.82. The fourth-order valence-electron chi connectivity index (χ4n) is 3.86. The minimum Gasteiger partial charge on any atom is -0.497 e. The van der Waals surface area contributed by atoms with Crippen LogP contribution in [-0.2, 0) is 20.9 Å². The summed E-state index contributed by atoms with van der Waals surface area (Å²) in [6.45, 7) is 2.18. The number of thioether (sulfide) groups is 1. The molecule has 0 spiro atoms. The maximum atomic E-state index is 13.0. The molecule has 2 aromatic rings. The standard InChI is InChI=1S/C24H25N3O5S/c1-15-21(23(29)31-4)22(16-7-9-18(30-3)10-8-16)27-17(14-33-24(27)25-15)12-20(28)26(2)13-19-6-5-11-32-19/h5-11,14,22H,12-13H2,1-4H3/t22-/m1/s1. The van der Waals surface area contributed by atoms with Crippen molar-refractivity contribution in [3.63, 3.8) is 0 Å². The van der Waals surface area contributed by atoms with Gasteiger partial charge in [0.2, 0.25) is 5.91 Å². The highest BCUT2D eigenvalue weighted by Crippen LogP contribution is 2.45. The van der Waals surface area contributed by atoms with E-state index in [-0.39, 0.29) is 12.3 Å². The lowest BCUT2D eigenvalue weighted by Crippen LogP contribution is -2.38. The van der Waals surface area contributed by atoms with Crippen molar-refractivity contribution in [3.8, 4) is 5.75 Å². The van der Waals surface area contributed by atoms with Gasteiger partial charge >= 0.3 is 5.97 Å². The van der Waals surface area contributed by atoms with E-state index >= 15 is 0 Å². The van der Waals surface area contributed by atoms with Crippen LogP contribution < -0.4 is 4.74 Å². The molecule has 33 heavy (non-hydrogen) atoms. The third-order valence-corrected chi connectivity index (χ3v) is 6.46. The number of hydrogen-bond acceptors (Lipinski definition) is 8. The summed E-state index contributed by atoms with van der Waals surface area (Å²) in [5.41, 5.74) is 2.67. The Morgan fingerprint density at radius 3 is 2.61 bits per heavy atom. The summed E-state index contributed by atoms with van der Waals surface area (Å²) >= 11 is 1.44. The Hall–Kier alpha value is -3.46. The summed E-state index contributed by atoms with van der Waals surface area (Å²) < 4.78 is 15.7. The van der Waals surface area contributed by atoms with Gasteiger partial charge in [-0.2, -0.15) is 0 Å². The highest BCUT2D eigenvalue weighted by molar-refractivity contribution is 8.16. The molecule has 8 nitrogen and oxygen atoms in total. The van der Waals surface area contributed by atoms with Gasteiger partial charge in [-0.3, -0.25) is 4.79 Å². The Morgan fingerprint density at radius 1 is 1.21 bits per heavy atom. The lowest BCUT2D eigenvalue weighted by molar-refractivity contribution is -0.136. The molecule has 9 heteroatoms. The number of fused-ring (bicyclic) bond motifs is 1. The first-order valence-electron chi connectivity index (χ1n) is 10.4. The van der Waals surface area contributed by atoms with Crippen LogP contribution in [0.5, 0.6) is 5.75 Å². The number of benzene rings is 1. The van der Waals surface area contributed by atoms with Crippen LogP contribution in [0.25, 0.3) is 0 Å². The average Bonchev–Trinajstić information content (AvgIpc) is 3.47. The van der Waals surface area contributed by atoms with Gasteiger partial charge in [0, 0.05) is 12.7 Å². The number of aliphatic imine (C=N–C) groups is 1. The molecule has 0 radical (unpaired) electrons. The van der Waals surface area contributed by atoms with Crippen LogP contribution in [0.4, 0.5) is 0 Å². The van der Waals surface area contributed by atoms with E-state index in [9.17, 15) is 9.59 Å². The van der Waals surface area contributed by atoms with Crippen molar-refractivity contribution in [3.05, 3.63) is 76.4 Å². The number of hydrogen-bond donors (Lipinski definition) is 0. The van der Waals surface area contributed by atoms with Crippen LogP contribution in [0.15, 0.2) is 74.4 Å². The molecular weight excluding hydrogens is 442 g/mol. The Labute approximate surface area is 196 Å². The largest absolute Gasteiger partial charge is 0.497 e. The first kappa shape index (κ1) is 22.7. The van der Waals surface area contributed by atoms with E-state index in [1.165, 1.54) is 18.9 Å². The van der Waals surface area contributed by atoms with Crippen LogP contribution in [0.1, 0.15) is 30.7 Å². The SMILES string of the molecule is COC(=O)C1=C(C)N=C2SC=C(CC(=O)N(C)Cc3ccco3)N2[C@@H]1c1ccc(OC)cc1. The maximum absolute atomic E-state index is 13.0. The van der Waals surface area contributed by atoms with E-state index < -0.39 is 12.0 Å². The van der Waals surface area contributed by atoms with Gasteiger partial charge in [-0.25, -0.2) is 9.79 Å². The second-order valence-electron chi connectivity index (χ2n) is 7.66. The van der Waals surface area contributed by atoms with E-state index in [1.54, 1.807) is 38.3 Å². The Kier molecular flexibility index (Phi) is 6.60. The highest BCUT2D eigenvalue weighted by atomic mass is 32.2. The molecular formula is C24H25N3O5S. The molecule has 0 saturated heterocycles. The van der Waals surface area contributed by atoms with Gasteiger partial charge in [0.05, 0.1) is 50.8 Å². The van der Waals surface area contributed by atoms with Crippen LogP contribution in [0.3, 0.4) is 0 Å². The summed E-state index contributed by atoms with van der Waals surface area (Å²) in [7, 11) is 4.70. The van der Waals surface area contributed by atoms with Crippen molar-refractivity contribution >= 4 is 28.8 Å². The lowest BCUT2D eigenvalue weighted by Gasteiger charge is -2.36. The topological polar surface area (TPSA) is 84.6 Å². The smallest absolute Gasteiger partial charge is 0.338 e. The summed E-state index contributed by atoms with van der Waals surface area (Å²) in [6, 6.07) is 10.7. The van der Waals surface area contributed by atoms with Gasteiger partial charge in [-0.15, -0.1) is 0 Å². The lowest BCUT2D eigenvalue weighted by atomic mass is 9.93. The first-order chi connectivity index (χ1) is 15.9. The van der Waals surface area contributed by atoms with Gasteiger partial charge in [0.15, 0.2) is 5.17 Å². The first-order valence-corrected chi connectivity index (χ1v) is 11.2. The number of rotatable bonds is 7. The van der Waals surface area contributed by atoms with Crippen molar-refractivity contribution in [2.45, 2.75) is 25.9 Å². The van der Waals surface area contributed by atoms with E-state index in [0.717, 1.165) is 16.4 Å². The predicted octanol–water partition coefficient (Wildman–Crippen LogP) is 4.08.